The lowest BCUT2D eigenvalue weighted by atomic mass is 10.2. The molecule has 5 nitrogen and oxygen atoms in total. The third-order valence-electron chi connectivity index (χ3n) is 2.84. The molecule has 0 bridgehead atoms. The van der Waals surface area contributed by atoms with Gasteiger partial charge in [0.05, 0.1) is 6.61 Å². The van der Waals surface area contributed by atoms with E-state index in [1.807, 2.05) is 19.1 Å². The minimum atomic E-state index is -0.110. The van der Waals surface area contributed by atoms with Crippen LogP contribution < -0.4 is 10.1 Å². The first-order valence-electron chi connectivity index (χ1n) is 6.96. The van der Waals surface area contributed by atoms with Gasteiger partial charge in [-0.1, -0.05) is 12.1 Å². The molecule has 0 saturated heterocycles. The summed E-state index contributed by atoms with van der Waals surface area (Å²) in [6, 6.07) is 12.2. The van der Waals surface area contributed by atoms with Crippen LogP contribution >= 0.6 is 0 Å². The largest absolute Gasteiger partial charge is 0.506 e. The van der Waals surface area contributed by atoms with Gasteiger partial charge in [-0.25, -0.2) is 0 Å². The number of ether oxygens (including phenoxy) is 1. The first-order valence-corrected chi connectivity index (χ1v) is 6.96. The van der Waals surface area contributed by atoms with E-state index in [0.29, 0.717) is 18.0 Å². The van der Waals surface area contributed by atoms with Crippen LogP contribution in [0.2, 0.25) is 0 Å². The lowest BCUT2D eigenvalue weighted by Crippen LogP contribution is -2.05. The Morgan fingerprint density at radius 2 is 2.00 bits per heavy atom. The van der Waals surface area contributed by atoms with Gasteiger partial charge >= 0.3 is 0 Å². The molecule has 0 saturated carbocycles. The molecule has 0 aromatic heterocycles. The third kappa shape index (κ3) is 4.34. The van der Waals surface area contributed by atoms with Crippen LogP contribution in [-0.4, -0.2) is 23.8 Å². The average Bonchev–Trinajstić information content (AvgIpc) is 2.48. The molecule has 5 heteroatoms. The molecule has 0 fully saturated rings. The molecule has 0 aliphatic heterocycles. The minimum Gasteiger partial charge on any atom is -0.506 e. The number of hydrogen-bond donors (Lipinski definition) is 2. The molecule has 2 rings (SSSR count). The van der Waals surface area contributed by atoms with Crippen molar-refractivity contribution in [3.8, 4) is 11.5 Å². The number of carbonyl (C=O) groups is 1. The van der Waals surface area contributed by atoms with Crippen molar-refractivity contribution in [1.29, 1.82) is 0 Å². The molecule has 22 heavy (non-hydrogen) atoms. The number of nitrogens with zero attached hydrogens (tertiary/aromatic N) is 1. The standard InChI is InChI=1S/C17H18N2O3/c1-3-22-15-8-9-16(17(21)10-15)18-11-13-4-6-14(7-5-13)19-12(2)20/h4-11,21H,3H2,1-2H3,(H,19,20). The zero-order chi connectivity index (χ0) is 15.9. The SMILES string of the molecule is CCOc1ccc(N=Cc2ccc(NC(C)=O)cc2)c(O)c1. The Kier molecular flexibility index (Phi) is 5.14. The Labute approximate surface area is 129 Å². The monoisotopic (exact) mass is 298 g/mol. The second-order valence-corrected chi connectivity index (χ2v) is 4.64. The number of anilines is 1. The van der Waals surface area contributed by atoms with E-state index >= 15 is 0 Å². The Bertz CT molecular complexity index is 679. The number of benzene rings is 2. The third-order valence-corrected chi connectivity index (χ3v) is 2.84. The van der Waals surface area contributed by atoms with Crippen molar-refractivity contribution < 1.29 is 14.6 Å². The predicted octanol–water partition coefficient (Wildman–Crippen LogP) is 3.50. The number of carbonyl (C=O) groups excluding carboxylic acids is 1. The van der Waals surface area contributed by atoms with Crippen LogP contribution in [0, 0.1) is 0 Å². The van der Waals surface area contributed by atoms with Gasteiger partial charge in [-0.15, -0.1) is 0 Å². The van der Waals surface area contributed by atoms with Crippen molar-refractivity contribution in [1.82, 2.24) is 0 Å². The van der Waals surface area contributed by atoms with Gasteiger partial charge in [-0.3, -0.25) is 9.79 Å². The van der Waals surface area contributed by atoms with Crippen molar-refractivity contribution in [3.05, 3.63) is 48.0 Å². The molecular formula is C17H18N2O3. The highest BCUT2D eigenvalue weighted by Crippen LogP contribution is 2.30. The summed E-state index contributed by atoms with van der Waals surface area (Å²) in [6.07, 6.45) is 1.65. The van der Waals surface area contributed by atoms with Gasteiger partial charge in [0.1, 0.15) is 17.2 Å². The number of nitrogens with one attached hydrogen (secondary N) is 1. The van der Waals surface area contributed by atoms with Crippen LogP contribution in [0.1, 0.15) is 19.4 Å². The maximum Gasteiger partial charge on any atom is 0.221 e. The maximum atomic E-state index is 10.9. The minimum absolute atomic E-state index is 0.0667. The van der Waals surface area contributed by atoms with Gasteiger partial charge in [-0.2, -0.15) is 0 Å². The zero-order valence-corrected chi connectivity index (χ0v) is 12.5. The van der Waals surface area contributed by atoms with E-state index in [2.05, 4.69) is 10.3 Å². The van der Waals surface area contributed by atoms with Gasteiger partial charge in [-0.05, 0) is 36.8 Å². The van der Waals surface area contributed by atoms with Gasteiger partial charge in [0.2, 0.25) is 5.91 Å². The van der Waals surface area contributed by atoms with Gasteiger partial charge in [0.25, 0.3) is 0 Å². The number of amides is 1. The van der Waals surface area contributed by atoms with E-state index in [1.54, 1.807) is 30.5 Å². The first kappa shape index (κ1) is 15.6. The van der Waals surface area contributed by atoms with Gasteiger partial charge in [0, 0.05) is 24.9 Å². The summed E-state index contributed by atoms with van der Waals surface area (Å²) < 4.78 is 5.30. The lowest BCUT2D eigenvalue weighted by Gasteiger charge is -2.05. The topological polar surface area (TPSA) is 70.9 Å². The molecule has 0 unspecified atom stereocenters. The summed E-state index contributed by atoms with van der Waals surface area (Å²) in [5, 5.41) is 12.6. The summed E-state index contributed by atoms with van der Waals surface area (Å²) in [7, 11) is 0. The van der Waals surface area contributed by atoms with Crippen molar-refractivity contribution in [2.45, 2.75) is 13.8 Å². The zero-order valence-electron chi connectivity index (χ0n) is 12.5. The highest BCUT2D eigenvalue weighted by molar-refractivity contribution is 5.89. The average molecular weight is 298 g/mol. The number of phenolic OH excluding ortho intramolecular Hbond substituents is 1. The van der Waals surface area contributed by atoms with E-state index < -0.39 is 0 Å². The Hall–Kier alpha value is -2.82. The van der Waals surface area contributed by atoms with E-state index in [9.17, 15) is 9.90 Å². The summed E-state index contributed by atoms with van der Waals surface area (Å²) >= 11 is 0. The molecule has 0 aliphatic carbocycles. The smallest absolute Gasteiger partial charge is 0.221 e. The molecule has 2 N–H and O–H groups in total. The fraction of sp³-hybridized carbons (Fsp3) is 0.176. The summed E-state index contributed by atoms with van der Waals surface area (Å²) in [4.78, 5) is 15.2. The van der Waals surface area contributed by atoms with Crippen LogP contribution in [0.25, 0.3) is 0 Å². The normalized spacial score (nSPS) is 10.6. The van der Waals surface area contributed by atoms with Crippen LogP contribution in [0.15, 0.2) is 47.5 Å². The Balaban J connectivity index is 2.09. The summed E-state index contributed by atoms with van der Waals surface area (Å²) in [6.45, 7) is 3.89. The highest BCUT2D eigenvalue weighted by Gasteiger charge is 2.01. The Morgan fingerprint density at radius 3 is 2.59 bits per heavy atom. The lowest BCUT2D eigenvalue weighted by molar-refractivity contribution is -0.114. The molecule has 0 atom stereocenters. The molecular weight excluding hydrogens is 280 g/mol. The van der Waals surface area contributed by atoms with Crippen molar-refractivity contribution in [3.63, 3.8) is 0 Å². The second kappa shape index (κ2) is 7.26. The summed E-state index contributed by atoms with van der Waals surface area (Å²) in [5.74, 6) is 0.566. The predicted molar refractivity (Wildman–Crippen MR) is 87.3 cm³/mol. The molecule has 0 heterocycles. The number of aliphatic imine (C=N–C) groups is 1. The van der Waals surface area contributed by atoms with Crippen molar-refractivity contribution in [2.24, 2.45) is 4.99 Å². The van der Waals surface area contributed by atoms with Crippen LogP contribution in [0.3, 0.4) is 0 Å². The van der Waals surface area contributed by atoms with Crippen molar-refractivity contribution in [2.75, 3.05) is 11.9 Å². The second-order valence-electron chi connectivity index (χ2n) is 4.64. The van der Waals surface area contributed by atoms with E-state index in [-0.39, 0.29) is 11.7 Å². The van der Waals surface area contributed by atoms with Crippen LogP contribution in [0.5, 0.6) is 11.5 Å². The van der Waals surface area contributed by atoms with E-state index in [1.165, 1.54) is 13.0 Å². The molecule has 0 aliphatic rings. The van der Waals surface area contributed by atoms with Crippen molar-refractivity contribution >= 4 is 23.5 Å². The molecule has 0 spiro atoms. The fourth-order valence-electron chi connectivity index (χ4n) is 1.87. The number of phenols is 1. The summed E-state index contributed by atoms with van der Waals surface area (Å²) in [5.41, 5.74) is 2.06. The number of hydrogen-bond acceptors (Lipinski definition) is 4. The number of rotatable bonds is 5. The van der Waals surface area contributed by atoms with E-state index in [4.69, 9.17) is 4.74 Å². The quantitative estimate of drug-likeness (QED) is 0.830. The van der Waals surface area contributed by atoms with Crippen LogP contribution in [-0.2, 0) is 4.79 Å². The van der Waals surface area contributed by atoms with Crippen LogP contribution in [0.4, 0.5) is 11.4 Å². The molecule has 2 aromatic carbocycles. The van der Waals surface area contributed by atoms with Gasteiger partial charge in [0.15, 0.2) is 0 Å². The molecule has 0 radical (unpaired) electrons. The first-order chi connectivity index (χ1) is 10.6. The Morgan fingerprint density at radius 1 is 1.27 bits per heavy atom. The fourth-order valence-corrected chi connectivity index (χ4v) is 1.87. The highest BCUT2D eigenvalue weighted by atomic mass is 16.5. The number of aromatic hydroxyl groups is 1. The molecule has 2 aromatic rings. The molecule has 114 valence electrons. The molecule has 1 amide bonds. The van der Waals surface area contributed by atoms with Gasteiger partial charge < -0.3 is 15.2 Å². The maximum absolute atomic E-state index is 10.9. The van der Waals surface area contributed by atoms with E-state index in [0.717, 1.165) is 11.3 Å².